The standard InChI is InChI=1S/C31H36ClF4N9O3/c1-42(2)28(46)26-39-24-14-43(6-4-8-45(24)41-26)27-20-15-47-23(19-9-18(37)10-21(32)25(19)31(34,35)36)11-22(20)38-29(40-27)48-16-30-5-3-7-44(30)13-17(33)12-30/h9-10,17,23H,3-8,11-16,37H2,1-2H3/t17-,23+,30+/m1/s1. The first-order valence-corrected chi connectivity index (χ1v) is 16.3. The number of nitrogens with zero attached hydrogens (tertiary/aromatic N) is 8. The first kappa shape index (κ1) is 32.8. The molecule has 4 aliphatic heterocycles. The van der Waals surface area contributed by atoms with E-state index in [1.165, 1.54) is 11.0 Å². The maximum Gasteiger partial charge on any atom is 0.418 e. The van der Waals surface area contributed by atoms with E-state index in [0.29, 0.717) is 55.4 Å². The lowest BCUT2D eigenvalue weighted by Gasteiger charge is -2.33. The summed E-state index contributed by atoms with van der Waals surface area (Å²) in [6.45, 7) is 2.55. The van der Waals surface area contributed by atoms with Crippen LogP contribution in [-0.2, 0) is 37.0 Å². The molecule has 2 aromatic heterocycles. The molecule has 17 heteroatoms. The predicted molar refractivity (Wildman–Crippen MR) is 166 cm³/mol. The summed E-state index contributed by atoms with van der Waals surface area (Å²) in [5, 5.41) is 3.91. The van der Waals surface area contributed by atoms with Gasteiger partial charge in [-0.3, -0.25) is 9.69 Å². The Morgan fingerprint density at radius 1 is 1.19 bits per heavy atom. The summed E-state index contributed by atoms with van der Waals surface area (Å²) in [6.07, 6.45) is -4.05. The number of halogens is 5. The van der Waals surface area contributed by atoms with Gasteiger partial charge in [0.1, 0.15) is 24.4 Å². The Morgan fingerprint density at radius 2 is 2.00 bits per heavy atom. The van der Waals surface area contributed by atoms with Gasteiger partial charge >= 0.3 is 12.2 Å². The van der Waals surface area contributed by atoms with Crippen LogP contribution in [0.4, 0.5) is 29.1 Å². The molecule has 0 bridgehead atoms. The fourth-order valence-electron chi connectivity index (χ4n) is 7.41. The van der Waals surface area contributed by atoms with Crippen LogP contribution in [-0.4, -0.2) is 92.5 Å². The third-order valence-electron chi connectivity index (χ3n) is 9.64. The zero-order valence-electron chi connectivity index (χ0n) is 26.6. The minimum atomic E-state index is -4.74. The van der Waals surface area contributed by atoms with Gasteiger partial charge in [0, 0.05) is 57.8 Å². The molecule has 48 heavy (non-hydrogen) atoms. The first-order valence-electron chi connectivity index (χ1n) is 15.9. The van der Waals surface area contributed by atoms with E-state index in [4.69, 9.17) is 36.8 Å². The number of benzene rings is 1. The topological polar surface area (TPSA) is 128 Å². The van der Waals surface area contributed by atoms with E-state index in [1.807, 2.05) is 4.90 Å². The lowest BCUT2D eigenvalue weighted by atomic mass is 9.94. The number of rotatable bonds is 6. The third kappa shape index (κ3) is 6.02. The fraction of sp³-hybridized carbons (Fsp3) is 0.581. The van der Waals surface area contributed by atoms with Crippen molar-refractivity contribution in [1.82, 2.24) is 34.5 Å². The van der Waals surface area contributed by atoms with Crippen molar-refractivity contribution in [2.75, 3.05) is 51.0 Å². The van der Waals surface area contributed by atoms with Crippen LogP contribution in [0.1, 0.15) is 70.6 Å². The molecule has 1 aromatic carbocycles. The maximum atomic E-state index is 14.5. The number of nitrogen functional groups attached to an aromatic ring is 1. The number of hydrogen-bond donors (Lipinski definition) is 1. The summed E-state index contributed by atoms with van der Waals surface area (Å²) in [6, 6.07) is 2.35. The van der Waals surface area contributed by atoms with E-state index in [1.54, 1.807) is 18.8 Å². The molecule has 2 saturated heterocycles. The second-order valence-corrected chi connectivity index (χ2v) is 13.5. The van der Waals surface area contributed by atoms with Crippen LogP contribution < -0.4 is 15.4 Å². The van der Waals surface area contributed by atoms with E-state index in [0.717, 1.165) is 25.5 Å². The smallest absolute Gasteiger partial charge is 0.418 e. The largest absolute Gasteiger partial charge is 0.461 e. The molecule has 2 N–H and O–H groups in total. The zero-order valence-corrected chi connectivity index (χ0v) is 27.3. The molecule has 0 saturated carbocycles. The number of nitrogens with two attached hydrogens (primary N) is 1. The number of carbonyl (C=O) groups excluding carboxylic acids is 1. The molecular weight excluding hydrogens is 658 g/mol. The van der Waals surface area contributed by atoms with Crippen LogP contribution in [0.3, 0.4) is 0 Å². The average molecular weight is 694 g/mol. The molecule has 0 unspecified atom stereocenters. The average Bonchev–Trinajstić information content (AvgIpc) is 3.64. The number of anilines is 2. The Balaban J connectivity index is 1.25. The molecular formula is C31H36ClF4N9O3. The Labute approximate surface area is 279 Å². The molecule has 3 aromatic rings. The van der Waals surface area contributed by atoms with Crippen molar-refractivity contribution in [3.63, 3.8) is 0 Å². The number of ether oxygens (including phenoxy) is 2. The number of alkyl halides is 4. The SMILES string of the molecule is CN(C)C(=O)c1nc2n(n1)CCCN(c1nc(OC[C@@]34CCCN3C[C@H](F)C4)nc3c1CO[C@H](c1cc(N)cc(Cl)c1C(F)(F)F)C3)C2. The van der Waals surface area contributed by atoms with Crippen LogP contribution in [0.2, 0.25) is 5.02 Å². The summed E-state index contributed by atoms with van der Waals surface area (Å²) in [5.41, 5.74) is 5.43. The van der Waals surface area contributed by atoms with E-state index in [-0.39, 0.29) is 55.2 Å². The van der Waals surface area contributed by atoms with Crippen molar-refractivity contribution in [1.29, 1.82) is 0 Å². The monoisotopic (exact) mass is 693 g/mol. The van der Waals surface area contributed by atoms with Gasteiger partial charge in [-0.1, -0.05) is 11.6 Å². The molecule has 0 aliphatic carbocycles. The molecule has 2 fully saturated rings. The summed E-state index contributed by atoms with van der Waals surface area (Å²) >= 11 is 6.07. The van der Waals surface area contributed by atoms with Crippen LogP contribution in [0.5, 0.6) is 6.01 Å². The molecule has 0 radical (unpaired) electrons. The lowest BCUT2D eigenvalue weighted by Crippen LogP contribution is -2.43. The van der Waals surface area contributed by atoms with Crippen molar-refractivity contribution < 1.29 is 31.8 Å². The van der Waals surface area contributed by atoms with Crippen molar-refractivity contribution in [3.05, 3.63) is 51.2 Å². The summed E-state index contributed by atoms with van der Waals surface area (Å²) < 4.78 is 71.1. The van der Waals surface area contributed by atoms with E-state index < -0.39 is 34.6 Å². The number of fused-ring (bicyclic) bond motifs is 3. The van der Waals surface area contributed by atoms with E-state index in [9.17, 15) is 22.4 Å². The van der Waals surface area contributed by atoms with Gasteiger partial charge in [0.2, 0.25) is 5.82 Å². The minimum Gasteiger partial charge on any atom is -0.461 e. The quantitative estimate of drug-likeness (QED) is 0.296. The Bertz CT molecular complexity index is 1740. The molecule has 7 rings (SSSR count). The van der Waals surface area contributed by atoms with Gasteiger partial charge in [-0.05, 0) is 43.5 Å². The van der Waals surface area contributed by atoms with Gasteiger partial charge in [-0.2, -0.15) is 23.1 Å². The number of aromatic nitrogens is 5. The molecule has 0 spiro atoms. The van der Waals surface area contributed by atoms with Gasteiger partial charge in [0.15, 0.2) is 0 Å². The Morgan fingerprint density at radius 3 is 2.77 bits per heavy atom. The van der Waals surface area contributed by atoms with Crippen molar-refractivity contribution in [2.45, 2.75) is 75.8 Å². The molecule has 6 heterocycles. The highest BCUT2D eigenvalue weighted by Crippen LogP contribution is 2.45. The molecule has 1 amide bonds. The Hall–Kier alpha value is -3.76. The van der Waals surface area contributed by atoms with Crippen LogP contribution in [0.15, 0.2) is 12.1 Å². The molecule has 12 nitrogen and oxygen atoms in total. The summed E-state index contributed by atoms with van der Waals surface area (Å²) in [5.74, 6) is 0.815. The van der Waals surface area contributed by atoms with Crippen LogP contribution in [0, 0.1) is 0 Å². The number of hydrogen-bond acceptors (Lipinski definition) is 10. The molecule has 258 valence electrons. The number of amides is 1. The minimum absolute atomic E-state index is 0.0284. The van der Waals surface area contributed by atoms with Crippen LogP contribution in [0.25, 0.3) is 0 Å². The van der Waals surface area contributed by atoms with Gasteiger partial charge in [0.05, 0.1) is 41.1 Å². The molecule has 4 aliphatic rings. The van der Waals surface area contributed by atoms with Crippen molar-refractivity contribution in [3.8, 4) is 6.01 Å². The highest BCUT2D eigenvalue weighted by atomic mass is 35.5. The number of carbonyl (C=O) groups is 1. The van der Waals surface area contributed by atoms with Gasteiger partial charge in [-0.15, -0.1) is 5.10 Å². The second kappa shape index (κ2) is 12.3. The van der Waals surface area contributed by atoms with Crippen molar-refractivity contribution >= 4 is 29.0 Å². The van der Waals surface area contributed by atoms with E-state index >= 15 is 0 Å². The van der Waals surface area contributed by atoms with E-state index in [2.05, 4.69) is 15.0 Å². The second-order valence-electron chi connectivity index (χ2n) is 13.1. The lowest BCUT2D eigenvalue weighted by molar-refractivity contribution is -0.139. The van der Waals surface area contributed by atoms with Gasteiger partial charge in [0.25, 0.3) is 5.91 Å². The molecule has 3 atom stereocenters. The fourth-order valence-corrected chi connectivity index (χ4v) is 7.75. The third-order valence-corrected chi connectivity index (χ3v) is 9.94. The highest BCUT2D eigenvalue weighted by molar-refractivity contribution is 6.31. The van der Waals surface area contributed by atoms with Gasteiger partial charge in [-0.25, -0.2) is 14.1 Å². The highest BCUT2D eigenvalue weighted by Gasteiger charge is 2.49. The zero-order chi connectivity index (χ0) is 34.0. The van der Waals surface area contributed by atoms with Crippen molar-refractivity contribution in [2.24, 2.45) is 0 Å². The predicted octanol–water partition coefficient (Wildman–Crippen LogP) is 4.20. The normalized spacial score (nSPS) is 24.2. The van der Waals surface area contributed by atoms with Crippen LogP contribution >= 0.6 is 11.6 Å². The first-order chi connectivity index (χ1) is 22.8. The van der Waals surface area contributed by atoms with Gasteiger partial charge < -0.3 is 25.0 Å². The Kier molecular flexibility index (Phi) is 8.39. The summed E-state index contributed by atoms with van der Waals surface area (Å²) in [7, 11) is 3.25. The maximum absolute atomic E-state index is 14.5. The summed E-state index contributed by atoms with van der Waals surface area (Å²) in [4.78, 5) is 32.1. The number of aryl methyl sites for hydroxylation is 1.